The molecule has 1 unspecified atom stereocenters. The number of amides is 1. The molecule has 0 aromatic rings. The summed E-state index contributed by atoms with van der Waals surface area (Å²) in [5.74, 6) is 0.328. The van der Waals surface area contributed by atoms with Gasteiger partial charge in [0, 0.05) is 6.54 Å². The van der Waals surface area contributed by atoms with E-state index in [9.17, 15) is 9.59 Å². The van der Waals surface area contributed by atoms with Crippen molar-refractivity contribution in [2.45, 2.75) is 32.6 Å². The third-order valence-electron chi connectivity index (χ3n) is 2.38. The summed E-state index contributed by atoms with van der Waals surface area (Å²) in [4.78, 5) is 21.8. The first-order chi connectivity index (χ1) is 6.68. The molecule has 78 valence electrons. The van der Waals surface area contributed by atoms with Gasteiger partial charge in [-0.25, -0.2) is 0 Å². The number of nitrogens with one attached hydrogen (secondary N) is 1. The number of hydrogen-bond donors (Lipinski definition) is 1. The van der Waals surface area contributed by atoms with E-state index in [1.165, 1.54) is 6.92 Å². The van der Waals surface area contributed by atoms with Crippen LogP contribution in [0.1, 0.15) is 32.6 Å². The highest BCUT2D eigenvalue weighted by molar-refractivity contribution is 5.96. The third kappa shape index (κ3) is 4.21. The number of carbonyl (C=O) groups excluding carboxylic acids is 2. The van der Waals surface area contributed by atoms with E-state index in [0.29, 0.717) is 12.5 Å². The van der Waals surface area contributed by atoms with Gasteiger partial charge >= 0.3 is 0 Å². The van der Waals surface area contributed by atoms with Crippen molar-refractivity contribution in [1.82, 2.24) is 5.32 Å². The molecular weight excluding hydrogens is 178 g/mol. The van der Waals surface area contributed by atoms with Gasteiger partial charge in [0.25, 0.3) is 0 Å². The molecule has 0 fully saturated rings. The second kappa shape index (κ2) is 5.58. The van der Waals surface area contributed by atoms with E-state index in [1.54, 1.807) is 0 Å². The molecule has 1 aliphatic carbocycles. The normalized spacial score (nSPS) is 20.5. The predicted molar refractivity (Wildman–Crippen MR) is 54.8 cm³/mol. The van der Waals surface area contributed by atoms with E-state index in [0.717, 1.165) is 19.3 Å². The van der Waals surface area contributed by atoms with Crippen molar-refractivity contribution in [1.29, 1.82) is 0 Å². The minimum Gasteiger partial charge on any atom is -0.355 e. The number of allylic oxidation sites excluding steroid dienone is 2. The fraction of sp³-hybridized carbons (Fsp3) is 0.636. The third-order valence-corrected chi connectivity index (χ3v) is 2.38. The van der Waals surface area contributed by atoms with Gasteiger partial charge in [-0.1, -0.05) is 12.2 Å². The number of carbonyl (C=O) groups is 2. The molecule has 3 nitrogen and oxygen atoms in total. The number of ketones is 1. The molecule has 0 aromatic heterocycles. The zero-order valence-electron chi connectivity index (χ0n) is 8.58. The van der Waals surface area contributed by atoms with Crippen molar-refractivity contribution in [2.75, 3.05) is 6.54 Å². The molecule has 0 saturated carbocycles. The maximum atomic E-state index is 11.1. The standard InChI is InChI=1S/C11H17NO2/c1-9(13)7-11(14)12-8-10-5-3-2-4-6-10/h2-3,10H,4-8H2,1H3,(H,12,14). The minimum absolute atomic E-state index is 0.0164. The Morgan fingerprint density at radius 3 is 2.79 bits per heavy atom. The van der Waals surface area contributed by atoms with Crippen LogP contribution in [0.2, 0.25) is 0 Å². The summed E-state index contributed by atoms with van der Waals surface area (Å²) in [5, 5.41) is 2.79. The molecule has 0 aromatic carbocycles. The Morgan fingerprint density at radius 2 is 2.21 bits per heavy atom. The lowest BCUT2D eigenvalue weighted by Crippen LogP contribution is -2.30. The van der Waals surface area contributed by atoms with Crippen LogP contribution in [0.4, 0.5) is 0 Å². The summed E-state index contributed by atoms with van der Waals surface area (Å²) >= 11 is 0. The highest BCUT2D eigenvalue weighted by atomic mass is 16.2. The Morgan fingerprint density at radius 1 is 1.43 bits per heavy atom. The number of rotatable bonds is 4. The van der Waals surface area contributed by atoms with E-state index in [2.05, 4.69) is 17.5 Å². The van der Waals surface area contributed by atoms with Crippen LogP contribution < -0.4 is 5.32 Å². The molecule has 1 rings (SSSR count). The van der Waals surface area contributed by atoms with Crippen LogP contribution in [0.25, 0.3) is 0 Å². The number of hydrogen-bond acceptors (Lipinski definition) is 2. The van der Waals surface area contributed by atoms with E-state index in [-0.39, 0.29) is 18.1 Å². The summed E-state index contributed by atoms with van der Waals surface area (Å²) < 4.78 is 0. The molecule has 0 bridgehead atoms. The summed E-state index contributed by atoms with van der Waals surface area (Å²) in [7, 11) is 0. The van der Waals surface area contributed by atoms with Crippen LogP contribution >= 0.6 is 0 Å². The van der Waals surface area contributed by atoms with Crippen LogP contribution in [0.5, 0.6) is 0 Å². The Kier molecular flexibility index (Phi) is 4.36. The van der Waals surface area contributed by atoms with Gasteiger partial charge < -0.3 is 5.32 Å². The van der Waals surface area contributed by atoms with Gasteiger partial charge in [0.1, 0.15) is 5.78 Å². The van der Waals surface area contributed by atoms with Gasteiger partial charge in [0.15, 0.2) is 0 Å². The Bertz CT molecular complexity index is 246. The first-order valence-electron chi connectivity index (χ1n) is 5.09. The van der Waals surface area contributed by atoms with Crippen molar-refractivity contribution in [3.05, 3.63) is 12.2 Å². The maximum absolute atomic E-state index is 11.1. The summed E-state index contributed by atoms with van der Waals surface area (Å²) in [6.07, 6.45) is 7.63. The molecule has 0 heterocycles. The average Bonchev–Trinajstić information content (AvgIpc) is 2.15. The fourth-order valence-electron chi connectivity index (χ4n) is 1.59. The fourth-order valence-corrected chi connectivity index (χ4v) is 1.59. The lowest BCUT2D eigenvalue weighted by atomic mass is 9.94. The molecular formula is C11H17NO2. The highest BCUT2D eigenvalue weighted by Gasteiger charge is 2.11. The van der Waals surface area contributed by atoms with Crippen LogP contribution in [0.3, 0.4) is 0 Å². The van der Waals surface area contributed by atoms with Crippen molar-refractivity contribution in [2.24, 2.45) is 5.92 Å². The summed E-state index contributed by atoms with van der Waals surface area (Å²) in [6, 6.07) is 0. The molecule has 1 aliphatic rings. The Hall–Kier alpha value is -1.12. The topological polar surface area (TPSA) is 46.2 Å². The molecule has 1 amide bonds. The van der Waals surface area contributed by atoms with E-state index in [4.69, 9.17) is 0 Å². The molecule has 14 heavy (non-hydrogen) atoms. The van der Waals surface area contributed by atoms with Crippen LogP contribution in [-0.2, 0) is 9.59 Å². The molecule has 1 atom stereocenters. The second-order valence-corrected chi connectivity index (χ2v) is 3.83. The van der Waals surface area contributed by atoms with E-state index >= 15 is 0 Å². The van der Waals surface area contributed by atoms with Crippen molar-refractivity contribution >= 4 is 11.7 Å². The molecule has 3 heteroatoms. The summed E-state index contributed by atoms with van der Waals surface area (Å²) in [5.41, 5.74) is 0. The van der Waals surface area contributed by atoms with Crippen molar-refractivity contribution in [3.8, 4) is 0 Å². The second-order valence-electron chi connectivity index (χ2n) is 3.83. The predicted octanol–water partition coefficient (Wildman–Crippen LogP) is 1.44. The molecule has 0 aliphatic heterocycles. The molecule has 1 N–H and O–H groups in total. The first-order valence-corrected chi connectivity index (χ1v) is 5.09. The van der Waals surface area contributed by atoms with Gasteiger partial charge in [0.2, 0.25) is 5.91 Å². The zero-order chi connectivity index (χ0) is 10.4. The van der Waals surface area contributed by atoms with Crippen molar-refractivity contribution in [3.63, 3.8) is 0 Å². The van der Waals surface area contributed by atoms with Crippen LogP contribution in [0, 0.1) is 5.92 Å². The molecule has 0 spiro atoms. The maximum Gasteiger partial charge on any atom is 0.227 e. The molecule has 0 radical (unpaired) electrons. The quantitative estimate of drug-likeness (QED) is 0.545. The van der Waals surface area contributed by atoms with E-state index < -0.39 is 0 Å². The smallest absolute Gasteiger partial charge is 0.227 e. The van der Waals surface area contributed by atoms with Gasteiger partial charge in [-0.15, -0.1) is 0 Å². The Labute approximate surface area is 84.6 Å². The van der Waals surface area contributed by atoms with E-state index in [1.807, 2.05) is 0 Å². The van der Waals surface area contributed by atoms with Gasteiger partial charge in [0.05, 0.1) is 6.42 Å². The summed E-state index contributed by atoms with van der Waals surface area (Å²) in [6.45, 7) is 2.14. The Balaban J connectivity index is 2.16. The van der Waals surface area contributed by atoms with Crippen LogP contribution in [0.15, 0.2) is 12.2 Å². The lowest BCUT2D eigenvalue weighted by Gasteiger charge is -2.17. The molecule has 0 saturated heterocycles. The minimum atomic E-state index is -0.146. The SMILES string of the molecule is CC(=O)CC(=O)NCC1CC=CCC1. The van der Waals surface area contributed by atoms with Crippen LogP contribution in [-0.4, -0.2) is 18.2 Å². The number of Topliss-reactive ketones (excluding diaryl/α,β-unsaturated/α-hetero) is 1. The first kappa shape index (κ1) is 11.0. The van der Waals surface area contributed by atoms with Gasteiger partial charge in [-0.3, -0.25) is 9.59 Å². The largest absolute Gasteiger partial charge is 0.355 e. The van der Waals surface area contributed by atoms with Gasteiger partial charge in [-0.05, 0) is 32.1 Å². The zero-order valence-corrected chi connectivity index (χ0v) is 8.58. The van der Waals surface area contributed by atoms with Gasteiger partial charge in [-0.2, -0.15) is 0 Å². The van der Waals surface area contributed by atoms with Crippen molar-refractivity contribution < 1.29 is 9.59 Å². The highest BCUT2D eigenvalue weighted by Crippen LogP contribution is 2.16. The average molecular weight is 195 g/mol. The lowest BCUT2D eigenvalue weighted by molar-refractivity contribution is -0.127. The monoisotopic (exact) mass is 195 g/mol.